The minimum absolute atomic E-state index is 0.363. The molecule has 2 nitrogen and oxygen atoms in total. The summed E-state index contributed by atoms with van der Waals surface area (Å²) in [5, 5.41) is 0. The Balaban J connectivity index is 1.92. The van der Waals surface area contributed by atoms with Gasteiger partial charge < -0.3 is 4.74 Å². The second-order valence-electron chi connectivity index (χ2n) is 7.27. The van der Waals surface area contributed by atoms with Crippen molar-refractivity contribution in [1.29, 1.82) is 0 Å². The van der Waals surface area contributed by atoms with Crippen LogP contribution in [0.3, 0.4) is 0 Å². The summed E-state index contributed by atoms with van der Waals surface area (Å²) in [5.74, 6) is 1.15. The van der Waals surface area contributed by atoms with Crippen molar-refractivity contribution in [3.63, 3.8) is 0 Å². The van der Waals surface area contributed by atoms with Crippen molar-refractivity contribution in [2.24, 2.45) is 7.05 Å². The zero-order valence-corrected chi connectivity index (χ0v) is 14.3. The number of nitrogens with zero attached hydrogens (tertiary/aromatic N) is 1. The monoisotopic (exact) mass is 308 g/mol. The van der Waals surface area contributed by atoms with Gasteiger partial charge in [0, 0.05) is 23.1 Å². The largest absolute Gasteiger partial charge is 0.492 e. The van der Waals surface area contributed by atoms with E-state index in [4.69, 9.17) is 4.74 Å². The van der Waals surface area contributed by atoms with Crippen LogP contribution in [0.15, 0.2) is 36.5 Å². The van der Waals surface area contributed by atoms with E-state index in [1.807, 2.05) is 0 Å². The first-order chi connectivity index (χ1) is 11.2. The van der Waals surface area contributed by atoms with Gasteiger partial charge in [-0.15, -0.1) is 0 Å². The highest BCUT2D eigenvalue weighted by molar-refractivity contribution is 5.72. The van der Waals surface area contributed by atoms with Gasteiger partial charge in [0.2, 0.25) is 5.69 Å². The number of benzene rings is 1. The Morgan fingerprint density at radius 3 is 2.61 bits per heavy atom. The van der Waals surface area contributed by atoms with E-state index in [-0.39, 0.29) is 0 Å². The Morgan fingerprint density at radius 2 is 1.83 bits per heavy atom. The van der Waals surface area contributed by atoms with Gasteiger partial charge in [0.05, 0.1) is 12.2 Å². The molecule has 0 amide bonds. The Bertz CT molecular complexity index is 729. The average Bonchev–Trinajstić information content (AvgIpc) is 2.57. The molecule has 0 atom stereocenters. The second-order valence-corrected chi connectivity index (χ2v) is 7.27. The van der Waals surface area contributed by atoms with Crippen molar-refractivity contribution in [1.82, 2.24) is 0 Å². The second kappa shape index (κ2) is 5.67. The zero-order chi connectivity index (χ0) is 15.9. The number of hydrogen-bond acceptors (Lipinski definition) is 1. The van der Waals surface area contributed by atoms with E-state index in [0.29, 0.717) is 5.41 Å². The molecule has 1 aliphatic heterocycles. The van der Waals surface area contributed by atoms with Crippen LogP contribution in [0.1, 0.15) is 49.7 Å². The van der Waals surface area contributed by atoms with E-state index in [1.54, 1.807) is 0 Å². The van der Waals surface area contributed by atoms with E-state index >= 15 is 0 Å². The van der Waals surface area contributed by atoms with Crippen LogP contribution in [-0.4, -0.2) is 6.61 Å². The van der Waals surface area contributed by atoms with Gasteiger partial charge in [-0.3, -0.25) is 0 Å². The molecule has 1 aromatic heterocycles. The fourth-order valence-electron chi connectivity index (χ4n) is 4.58. The number of pyridine rings is 1. The fourth-order valence-corrected chi connectivity index (χ4v) is 4.58. The van der Waals surface area contributed by atoms with Crippen LogP contribution in [0.4, 0.5) is 0 Å². The SMILES string of the molecule is Cc1ccc2c(c1-c1cccc[n+]1C)OCCC21CCCCC1. The van der Waals surface area contributed by atoms with Gasteiger partial charge in [-0.1, -0.05) is 31.4 Å². The van der Waals surface area contributed by atoms with Crippen LogP contribution in [0.2, 0.25) is 0 Å². The molecule has 2 aromatic rings. The third-order valence-electron chi connectivity index (χ3n) is 5.89. The first-order valence-corrected chi connectivity index (χ1v) is 8.93. The lowest BCUT2D eigenvalue weighted by molar-refractivity contribution is -0.660. The van der Waals surface area contributed by atoms with Gasteiger partial charge in [-0.05, 0) is 37.8 Å². The average molecular weight is 308 g/mol. The summed E-state index contributed by atoms with van der Waals surface area (Å²) in [6.07, 6.45) is 10.1. The van der Waals surface area contributed by atoms with Crippen LogP contribution in [0.25, 0.3) is 11.3 Å². The van der Waals surface area contributed by atoms with Crippen molar-refractivity contribution < 1.29 is 9.30 Å². The van der Waals surface area contributed by atoms with Gasteiger partial charge in [0.1, 0.15) is 12.8 Å². The molecule has 0 unspecified atom stereocenters. The van der Waals surface area contributed by atoms with Crippen molar-refractivity contribution >= 4 is 0 Å². The van der Waals surface area contributed by atoms with Crippen molar-refractivity contribution in [3.05, 3.63) is 47.7 Å². The molecule has 1 saturated carbocycles. The molecule has 0 N–H and O–H groups in total. The minimum Gasteiger partial charge on any atom is -0.492 e. The van der Waals surface area contributed by atoms with E-state index in [1.165, 1.54) is 60.9 Å². The van der Waals surface area contributed by atoms with Crippen LogP contribution in [0, 0.1) is 6.92 Å². The summed E-state index contributed by atoms with van der Waals surface area (Å²) in [6, 6.07) is 11.0. The Morgan fingerprint density at radius 1 is 1.00 bits per heavy atom. The Kier molecular flexibility index (Phi) is 3.63. The number of aromatic nitrogens is 1. The number of fused-ring (bicyclic) bond motifs is 2. The normalized spacial score (nSPS) is 19.2. The molecule has 1 aliphatic carbocycles. The Labute approximate surface area is 139 Å². The van der Waals surface area contributed by atoms with Gasteiger partial charge in [-0.25, -0.2) is 4.57 Å². The molecular formula is C21H26NO+. The van der Waals surface area contributed by atoms with Crippen LogP contribution in [0.5, 0.6) is 5.75 Å². The molecule has 2 aliphatic rings. The predicted octanol–water partition coefficient (Wildman–Crippen LogP) is 4.47. The number of rotatable bonds is 1. The molecule has 23 heavy (non-hydrogen) atoms. The number of hydrogen-bond donors (Lipinski definition) is 0. The number of ether oxygens (including phenoxy) is 1. The van der Waals surface area contributed by atoms with E-state index in [0.717, 1.165) is 12.4 Å². The summed E-state index contributed by atoms with van der Waals surface area (Å²) >= 11 is 0. The van der Waals surface area contributed by atoms with Crippen molar-refractivity contribution in [2.75, 3.05) is 6.61 Å². The first kappa shape index (κ1) is 14.7. The molecule has 120 valence electrons. The topological polar surface area (TPSA) is 13.1 Å². The van der Waals surface area contributed by atoms with Crippen molar-refractivity contribution in [2.45, 2.75) is 50.9 Å². The standard InChI is InChI=1S/C21H26NO/c1-16-9-10-17-20(19(16)18-8-4-7-14-22(18)2)23-15-13-21(17)11-5-3-6-12-21/h4,7-10,14H,3,5-6,11-13,15H2,1-2H3/q+1. The molecule has 1 aromatic carbocycles. The Hall–Kier alpha value is -1.83. The van der Waals surface area contributed by atoms with Gasteiger partial charge >= 0.3 is 0 Å². The molecule has 1 spiro atoms. The maximum Gasteiger partial charge on any atom is 0.216 e. The van der Waals surface area contributed by atoms with Gasteiger partial charge in [0.15, 0.2) is 6.20 Å². The summed E-state index contributed by atoms with van der Waals surface area (Å²) in [6.45, 7) is 3.06. The highest BCUT2D eigenvalue weighted by atomic mass is 16.5. The molecule has 0 bridgehead atoms. The smallest absolute Gasteiger partial charge is 0.216 e. The third kappa shape index (κ3) is 2.36. The van der Waals surface area contributed by atoms with Gasteiger partial charge in [0.25, 0.3) is 0 Å². The molecule has 0 saturated heterocycles. The van der Waals surface area contributed by atoms with Crippen LogP contribution >= 0.6 is 0 Å². The lowest BCUT2D eigenvalue weighted by Crippen LogP contribution is -2.36. The summed E-state index contributed by atoms with van der Waals surface area (Å²) < 4.78 is 8.46. The lowest BCUT2D eigenvalue weighted by Gasteiger charge is -2.42. The summed E-state index contributed by atoms with van der Waals surface area (Å²) in [4.78, 5) is 0. The molecule has 4 rings (SSSR count). The molecule has 1 fully saturated rings. The third-order valence-corrected chi connectivity index (χ3v) is 5.89. The van der Waals surface area contributed by atoms with E-state index < -0.39 is 0 Å². The highest BCUT2D eigenvalue weighted by Gasteiger charge is 2.40. The quantitative estimate of drug-likeness (QED) is 0.708. The van der Waals surface area contributed by atoms with E-state index in [2.05, 4.69) is 55.1 Å². The molecular weight excluding hydrogens is 282 g/mol. The van der Waals surface area contributed by atoms with E-state index in [9.17, 15) is 0 Å². The summed E-state index contributed by atoms with van der Waals surface area (Å²) in [7, 11) is 2.12. The zero-order valence-electron chi connectivity index (χ0n) is 14.3. The van der Waals surface area contributed by atoms with Crippen LogP contribution in [-0.2, 0) is 12.5 Å². The van der Waals surface area contributed by atoms with Crippen molar-refractivity contribution in [3.8, 4) is 17.0 Å². The lowest BCUT2D eigenvalue weighted by atomic mass is 9.66. The summed E-state index contributed by atoms with van der Waals surface area (Å²) in [5.41, 5.74) is 5.66. The van der Waals surface area contributed by atoms with Gasteiger partial charge in [-0.2, -0.15) is 0 Å². The first-order valence-electron chi connectivity index (χ1n) is 8.93. The molecule has 2 heteroatoms. The number of aryl methyl sites for hydroxylation is 2. The maximum absolute atomic E-state index is 6.26. The molecule has 2 heterocycles. The highest BCUT2D eigenvalue weighted by Crippen LogP contribution is 2.51. The molecule has 0 radical (unpaired) electrons. The predicted molar refractivity (Wildman–Crippen MR) is 92.7 cm³/mol. The maximum atomic E-state index is 6.26. The van der Waals surface area contributed by atoms with Crippen LogP contribution < -0.4 is 9.30 Å². The minimum atomic E-state index is 0.363. The fraction of sp³-hybridized carbons (Fsp3) is 0.476.